The summed E-state index contributed by atoms with van der Waals surface area (Å²) in [5.41, 5.74) is 2.33. The number of benzene rings is 1. The van der Waals surface area contributed by atoms with Gasteiger partial charge in [-0.1, -0.05) is 26.8 Å². The minimum atomic E-state index is -0.433. The first-order valence-electron chi connectivity index (χ1n) is 9.52. The average Bonchev–Trinajstić information content (AvgIpc) is 2.41. The van der Waals surface area contributed by atoms with E-state index in [4.69, 9.17) is 4.74 Å². The minimum Gasteiger partial charge on any atom is -0.443 e. The Morgan fingerprint density at radius 2 is 1.81 bits per heavy atom. The molecule has 0 aliphatic carbocycles. The van der Waals surface area contributed by atoms with E-state index in [2.05, 4.69) is 55.3 Å². The molecule has 0 unspecified atom stereocenters. The molecule has 1 N–H and O–H groups in total. The monoisotopic (exact) mass is 359 g/mol. The van der Waals surface area contributed by atoms with Gasteiger partial charge >= 0.3 is 6.09 Å². The number of carbonyl (C=O) groups excluding carboxylic acids is 1. The molecule has 0 atom stereocenters. The van der Waals surface area contributed by atoms with E-state index in [9.17, 15) is 4.79 Å². The second-order valence-electron chi connectivity index (χ2n) is 9.88. The minimum absolute atomic E-state index is 0.135. The molecular weight excluding hydrogens is 326 g/mol. The molecule has 144 valence electrons. The summed E-state index contributed by atoms with van der Waals surface area (Å²) in [5, 5.41) is 3.18. The lowest BCUT2D eigenvalue weighted by atomic mass is 9.73. The zero-order valence-electron chi connectivity index (χ0n) is 17.1. The van der Waals surface area contributed by atoms with E-state index >= 15 is 0 Å². The summed E-state index contributed by atoms with van der Waals surface area (Å²) in [6.45, 7) is 14.2. The molecule has 2 aliphatic heterocycles. The third-order valence-corrected chi connectivity index (χ3v) is 5.18. The Morgan fingerprint density at radius 1 is 1.15 bits per heavy atom. The first-order valence-corrected chi connectivity index (χ1v) is 9.52. The van der Waals surface area contributed by atoms with Crippen LogP contribution >= 0.6 is 0 Å². The Labute approximate surface area is 157 Å². The van der Waals surface area contributed by atoms with Crippen molar-refractivity contribution < 1.29 is 9.53 Å². The maximum absolute atomic E-state index is 12.5. The van der Waals surface area contributed by atoms with E-state index in [1.165, 1.54) is 5.69 Å². The summed E-state index contributed by atoms with van der Waals surface area (Å²) >= 11 is 0. The van der Waals surface area contributed by atoms with Crippen LogP contribution in [-0.2, 0) is 4.74 Å². The SMILES string of the molecule is CNc1cccc(N2CC3(CN(C(=O)OC(C)(C)CC(C)(C)C)C3)C2)c1. The standard InChI is InChI=1S/C21H33N3O2/c1-19(2,3)11-20(4,5)26-18(25)24-14-21(15-24)12-23(13-21)17-9-7-8-16(10-17)22-6/h7-10,22H,11-15H2,1-6H3. The molecule has 1 amide bonds. The van der Waals surface area contributed by atoms with Gasteiger partial charge in [-0.25, -0.2) is 4.79 Å². The van der Waals surface area contributed by atoms with Crippen LogP contribution in [0.4, 0.5) is 16.2 Å². The molecular formula is C21H33N3O2. The summed E-state index contributed by atoms with van der Waals surface area (Å²) in [6.07, 6.45) is 0.681. The third kappa shape index (κ3) is 4.08. The number of hydrogen-bond donors (Lipinski definition) is 1. The zero-order chi connectivity index (χ0) is 19.2. The van der Waals surface area contributed by atoms with Crippen molar-refractivity contribution in [3.63, 3.8) is 0 Å². The molecule has 2 aliphatic rings. The summed E-state index contributed by atoms with van der Waals surface area (Å²) in [7, 11) is 1.94. The molecule has 0 saturated carbocycles. The Kier molecular flexibility index (Phi) is 4.62. The van der Waals surface area contributed by atoms with E-state index in [1.54, 1.807) is 0 Å². The summed E-state index contributed by atoms with van der Waals surface area (Å²) in [5.74, 6) is 0. The highest BCUT2D eigenvalue weighted by molar-refractivity contribution is 5.70. The van der Waals surface area contributed by atoms with Crippen molar-refractivity contribution in [2.24, 2.45) is 10.8 Å². The van der Waals surface area contributed by atoms with Gasteiger partial charge in [0.05, 0.1) is 0 Å². The number of nitrogens with zero attached hydrogens (tertiary/aromatic N) is 2. The van der Waals surface area contributed by atoms with E-state index in [0.717, 1.165) is 38.3 Å². The molecule has 2 saturated heterocycles. The molecule has 0 aromatic heterocycles. The van der Waals surface area contributed by atoms with E-state index < -0.39 is 5.60 Å². The van der Waals surface area contributed by atoms with Crippen molar-refractivity contribution in [1.29, 1.82) is 0 Å². The lowest BCUT2D eigenvalue weighted by Crippen LogP contribution is -2.73. The van der Waals surface area contributed by atoms with Gasteiger partial charge in [0.25, 0.3) is 0 Å². The molecule has 0 radical (unpaired) electrons. The van der Waals surface area contributed by atoms with Crippen LogP contribution in [0.25, 0.3) is 0 Å². The fourth-order valence-corrected chi connectivity index (χ4v) is 4.51. The third-order valence-electron chi connectivity index (χ3n) is 5.18. The molecule has 0 bridgehead atoms. The van der Waals surface area contributed by atoms with Gasteiger partial charge in [-0.3, -0.25) is 0 Å². The molecule has 1 aromatic rings. The topological polar surface area (TPSA) is 44.8 Å². The Hall–Kier alpha value is -1.91. The van der Waals surface area contributed by atoms with Gasteiger partial charge in [0.2, 0.25) is 0 Å². The molecule has 2 heterocycles. The Balaban J connectivity index is 1.48. The molecule has 5 heteroatoms. The van der Waals surface area contributed by atoms with Crippen molar-refractivity contribution in [2.45, 2.75) is 46.6 Å². The lowest BCUT2D eigenvalue weighted by molar-refractivity contribution is -0.0589. The molecule has 26 heavy (non-hydrogen) atoms. The van der Waals surface area contributed by atoms with Gasteiger partial charge in [0.1, 0.15) is 5.60 Å². The normalized spacial score (nSPS) is 19.0. The summed E-state index contributed by atoms with van der Waals surface area (Å²) in [6, 6.07) is 8.47. The van der Waals surface area contributed by atoms with Crippen LogP contribution in [0.3, 0.4) is 0 Å². The van der Waals surface area contributed by atoms with Crippen molar-refractivity contribution in [3.8, 4) is 0 Å². The number of nitrogens with one attached hydrogen (secondary N) is 1. The van der Waals surface area contributed by atoms with E-state index in [0.29, 0.717) is 0 Å². The van der Waals surface area contributed by atoms with Crippen LogP contribution in [0.5, 0.6) is 0 Å². The number of carbonyl (C=O) groups is 1. The van der Waals surface area contributed by atoms with Gasteiger partial charge in [-0.05, 0) is 43.9 Å². The van der Waals surface area contributed by atoms with Crippen molar-refractivity contribution in [2.75, 3.05) is 43.4 Å². The smallest absolute Gasteiger partial charge is 0.410 e. The number of anilines is 2. The maximum atomic E-state index is 12.5. The van der Waals surface area contributed by atoms with Crippen molar-refractivity contribution >= 4 is 17.5 Å². The number of likely N-dealkylation sites (tertiary alicyclic amines) is 1. The predicted octanol–water partition coefficient (Wildman–Crippen LogP) is 4.20. The second kappa shape index (κ2) is 6.36. The zero-order valence-corrected chi connectivity index (χ0v) is 17.1. The number of hydrogen-bond acceptors (Lipinski definition) is 4. The van der Waals surface area contributed by atoms with Crippen LogP contribution in [0.15, 0.2) is 24.3 Å². The predicted molar refractivity (Wildman–Crippen MR) is 107 cm³/mol. The molecule has 5 nitrogen and oxygen atoms in total. The van der Waals surface area contributed by atoms with Gasteiger partial charge in [0, 0.05) is 50.0 Å². The second-order valence-corrected chi connectivity index (χ2v) is 9.88. The Bertz CT molecular complexity index is 664. The highest BCUT2D eigenvalue weighted by Gasteiger charge is 2.54. The molecule has 1 aromatic carbocycles. The van der Waals surface area contributed by atoms with Gasteiger partial charge in [-0.15, -0.1) is 0 Å². The summed E-state index contributed by atoms with van der Waals surface area (Å²) in [4.78, 5) is 16.7. The van der Waals surface area contributed by atoms with Crippen molar-refractivity contribution in [1.82, 2.24) is 4.90 Å². The lowest BCUT2D eigenvalue weighted by Gasteiger charge is -2.60. The molecule has 1 spiro atoms. The first kappa shape index (κ1) is 18.9. The average molecular weight is 360 g/mol. The van der Waals surface area contributed by atoms with E-state index in [1.807, 2.05) is 25.8 Å². The first-order chi connectivity index (χ1) is 12.0. The summed E-state index contributed by atoms with van der Waals surface area (Å²) < 4.78 is 5.79. The number of rotatable bonds is 4. The fraction of sp³-hybridized carbons (Fsp3) is 0.667. The largest absolute Gasteiger partial charge is 0.443 e. The van der Waals surface area contributed by atoms with Gasteiger partial charge in [-0.2, -0.15) is 0 Å². The van der Waals surface area contributed by atoms with Crippen LogP contribution in [0, 0.1) is 10.8 Å². The quantitative estimate of drug-likeness (QED) is 0.875. The van der Waals surface area contributed by atoms with Crippen LogP contribution in [-0.4, -0.2) is 49.8 Å². The number of amides is 1. The number of ether oxygens (including phenoxy) is 1. The highest BCUT2D eigenvalue weighted by Crippen LogP contribution is 2.43. The van der Waals surface area contributed by atoms with Gasteiger partial charge < -0.3 is 19.9 Å². The van der Waals surface area contributed by atoms with Gasteiger partial charge in [0.15, 0.2) is 0 Å². The fourth-order valence-electron chi connectivity index (χ4n) is 4.51. The molecule has 3 rings (SSSR count). The Morgan fingerprint density at radius 3 is 2.38 bits per heavy atom. The maximum Gasteiger partial charge on any atom is 0.410 e. The van der Waals surface area contributed by atoms with Crippen LogP contribution < -0.4 is 10.2 Å². The van der Waals surface area contributed by atoms with Crippen LogP contribution in [0.2, 0.25) is 0 Å². The molecule has 2 fully saturated rings. The van der Waals surface area contributed by atoms with Crippen LogP contribution in [0.1, 0.15) is 41.0 Å². The highest BCUT2D eigenvalue weighted by atomic mass is 16.6. The van der Waals surface area contributed by atoms with Crippen molar-refractivity contribution in [3.05, 3.63) is 24.3 Å². The van der Waals surface area contributed by atoms with E-state index in [-0.39, 0.29) is 16.9 Å².